The minimum Gasteiger partial charge on any atom is -0.316 e. The van der Waals surface area contributed by atoms with Gasteiger partial charge in [0.05, 0.1) is 5.56 Å². The van der Waals surface area contributed by atoms with Gasteiger partial charge in [-0.1, -0.05) is 6.08 Å². The van der Waals surface area contributed by atoms with Gasteiger partial charge in [-0.15, -0.1) is 0 Å². The second-order valence-electron chi connectivity index (χ2n) is 4.99. The number of piperidine rings is 1. The van der Waals surface area contributed by atoms with Gasteiger partial charge in [0.2, 0.25) is 0 Å². The number of aromatic nitrogens is 1. The van der Waals surface area contributed by atoms with E-state index < -0.39 is 0 Å². The van der Waals surface area contributed by atoms with Gasteiger partial charge in [-0.05, 0) is 70.9 Å². The molecule has 3 nitrogen and oxygen atoms in total. The zero-order valence-electron chi connectivity index (χ0n) is 9.99. The van der Waals surface area contributed by atoms with Crippen LogP contribution in [0.15, 0.2) is 22.9 Å². The molecule has 1 aliphatic carbocycles. The summed E-state index contributed by atoms with van der Waals surface area (Å²) in [6.45, 7) is 2.23. The van der Waals surface area contributed by atoms with Crippen molar-refractivity contribution < 1.29 is 0 Å². The van der Waals surface area contributed by atoms with Gasteiger partial charge < -0.3 is 5.32 Å². The molecule has 0 aromatic carbocycles. The molecule has 0 spiro atoms. The lowest BCUT2D eigenvalue weighted by Gasteiger charge is -2.25. The molecule has 2 atom stereocenters. The van der Waals surface area contributed by atoms with Gasteiger partial charge in [0, 0.05) is 6.20 Å². The molecule has 0 bridgehead atoms. The smallest absolute Gasteiger partial charge is 0.123 e. The van der Waals surface area contributed by atoms with E-state index in [9.17, 15) is 0 Å². The van der Waals surface area contributed by atoms with Crippen LogP contribution in [0.5, 0.6) is 0 Å². The maximum absolute atomic E-state index is 9.04. The predicted molar refractivity (Wildman–Crippen MR) is 73.7 cm³/mol. The van der Waals surface area contributed by atoms with Gasteiger partial charge in [-0.2, -0.15) is 5.26 Å². The molecule has 1 fully saturated rings. The molecular weight excluding hydrogens is 290 g/mol. The fraction of sp³-hybridized carbons (Fsp3) is 0.429. The number of fused-ring (bicyclic) bond motifs is 1. The van der Waals surface area contributed by atoms with Crippen LogP contribution in [0.4, 0.5) is 0 Å². The monoisotopic (exact) mass is 303 g/mol. The van der Waals surface area contributed by atoms with Crippen LogP contribution >= 0.6 is 15.9 Å². The number of hydrogen-bond donors (Lipinski definition) is 1. The van der Waals surface area contributed by atoms with Crippen molar-refractivity contribution in [3.05, 3.63) is 34.1 Å². The lowest BCUT2D eigenvalue weighted by atomic mass is 9.89. The standard InChI is InChI=1S/C14H14BrN3/c15-14-11(6-16)5-13(8-18-14)10-3-9-1-2-17-7-12(9)4-10/h3,5,8-9,12,17H,1-2,4,7H2/t9-,12-/m1/s1. The van der Waals surface area contributed by atoms with Crippen molar-refractivity contribution in [1.82, 2.24) is 10.3 Å². The van der Waals surface area contributed by atoms with Crippen LogP contribution in [-0.2, 0) is 0 Å². The number of nitrogens with zero attached hydrogens (tertiary/aromatic N) is 2. The molecule has 4 heteroatoms. The summed E-state index contributed by atoms with van der Waals surface area (Å²) in [4.78, 5) is 4.25. The molecular formula is C14H14BrN3. The third-order valence-corrected chi connectivity index (χ3v) is 4.53. The molecule has 1 aromatic rings. The number of halogens is 1. The van der Waals surface area contributed by atoms with E-state index in [0.29, 0.717) is 16.1 Å². The van der Waals surface area contributed by atoms with Crippen molar-refractivity contribution in [3.63, 3.8) is 0 Å². The zero-order valence-corrected chi connectivity index (χ0v) is 11.6. The second-order valence-corrected chi connectivity index (χ2v) is 5.74. The molecule has 1 saturated heterocycles. The zero-order chi connectivity index (χ0) is 12.5. The van der Waals surface area contributed by atoms with Gasteiger partial charge in [0.1, 0.15) is 10.7 Å². The van der Waals surface area contributed by atoms with E-state index in [4.69, 9.17) is 5.26 Å². The summed E-state index contributed by atoms with van der Waals surface area (Å²) in [5.74, 6) is 1.43. The Morgan fingerprint density at radius 1 is 1.50 bits per heavy atom. The van der Waals surface area contributed by atoms with Crippen molar-refractivity contribution in [3.8, 4) is 6.07 Å². The highest BCUT2D eigenvalue weighted by molar-refractivity contribution is 9.10. The number of nitrogens with one attached hydrogen (secondary N) is 1. The van der Waals surface area contributed by atoms with Crippen LogP contribution in [0, 0.1) is 23.2 Å². The summed E-state index contributed by atoms with van der Waals surface area (Å²) in [6, 6.07) is 4.11. The van der Waals surface area contributed by atoms with E-state index >= 15 is 0 Å². The maximum atomic E-state index is 9.04. The van der Waals surface area contributed by atoms with Gasteiger partial charge >= 0.3 is 0 Å². The highest BCUT2D eigenvalue weighted by Gasteiger charge is 2.30. The second kappa shape index (κ2) is 4.83. The van der Waals surface area contributed by atoms with Crippen LogP contribution in [0.3, 0.4) is 0 Å². The molecule has 18 heavy (non-hydrogen) atoms. The first-order valence-corrected chi connectivity index (χ1v) is 7.04. The largest absolute Gasteiger partial charge is 0.316 e. The molecule has 0 saturated carbocycles. The van der Waals surface area contributed by atoms with Crippen LogP contribution < -0.4 is 5.32 Å². The van der Waals surface area contributed by atoms with Crippen molar-refractivity contribution >= 4 is 21.5 Å². The summed E-state index contributed by atoms with van der Waals surface area (Å²) in [6.07, 6.45) is 6.58. The fourth-order valence-electron chi connectivity index (χ4n) is 2.91. The van der Waals surface area contributed by atoms with Gasteiger partial charge in [-0.25, -0.2) is 4.98 Å². The van der Waals surface area contributed by atoms with E-state index in [1.165, 1.54) is 12.0 Å². The lowest BCUT2D eigenvalue weighted by Crippen LogP contribution is -2.33. The Bertz CT molecular complexity index is 544. The maximum Gasteiger partial charge on any atom is 0.123 e. The molecule has 0 unspecified atom stereocenters. The SMILES string of the molecule is N#Cc1cc(C2=C[C@H]3CCNC[C@H]3C2)cnc1Br. The van der Waals surface area contributed by atoms with Gasteiger partial charge in [0.25, 0.3) is 0 Å². The van der Waals surface area contributed by atoms with E-state index in [0.717, 1.165) is 31.0 Å². The van der Waals surface area contributed by atoms with E-state index in [2.05, 4.69) is 38.4 Å². The first kappa shape index (κ1) is 11.9. The average molecular weight is 304 g/mol. The van der Waals surface area contributed by atoms with E-state index in [-0.39, 0.29) is 0 Å². The predicted octanol–water partition coefficient (Wildman–Crippen LogP) is 2.73. The third-order valence-electron chi connectivity index (χ3n) is 3.89. The van der Waals surface area contributed by atoms with E-state index in [1.807, 2.05) is 12.3 Å². The number of pyridine rings is 1. The summed E-state index contributed by atoms with van der Waals surface area (Å²) < 4.78 is 0.631. The Kier molecular flexibility index (Phi) is 3.19. The van der Waals surface area contributed by atoms with Crippen molar-refractivity contribution in [2.45, 2.75) is 12.8 Å². The van der Waals surface area contributed by atoms with Crippen LogP contribution in [0.25, 0.3) is 5.57 Å². The molecule has 0 amide bonds. The molecule has 0 radical (unpaired) electrons. The molecule has 3 rings (SSSR count). The third kappa shape index (κ3) is 2.09. The highest BCUT2D eigenvalue weighted by atomic mass is 79.9. The Morgan fingerprint density at radius 2 is 2.39 bits per heavy atom. The number of hydrogen-bond acceptors (Lipinski definition) is 3. The molecule has 1 N–H and O–H groups in total. The lowest BCUT2D eigenvalue weighted by molar-refractivity contribution is 0.324. The minimum atomic E-state index is 0.612. The molecule has 2 aliphatic rings. The molecule has 1 aliphatic heterocycles. The van der Waals surface area contributed by atoms with Gasteiger partial charge in [0.15, 0.2) is 0 Å². The average Bonchev–Trinajstić information content (AvgIpc) is 2.83. The normalized spacial score (nSPS) is 26.3. The van der Waals surface area contributed by atoms with Crippen LogP contribution in [0.2, 0.25) is 0 Å². The van der Waals surface area contributed by atoms with Crippen molar-refractivity contribution in [2.75, 3.05) is 13.1 Å². The highest BCUT2D eigenvalue weighted by Crippen LogP contribution is 2.39. The molecule has 1 aromatic heterocycles. The molecule has 92 valence electrons. The minimum absolute atomic E-state index is 0.612. The van der Waals surface area contributed by atoms with E-state index in [1.54, 1.807) is 0 Å². The quantitative estimate of drug-likeness (QED) is 0.812. The number of allylic oxidation sites excluding steroid dienone is 2. The van der Waals surface area contributed by atoms with Crippen molar-refractivity contribution in [2.24, 2.45) is 11.8 Å². The Balaban J connectivity index is 1.90. The Labute approximate surface area is 115 Å². The Hall–Kier alpha value is -1.18. The number of nitriles is 1. The summed E-state index contributed by atoms with van der Waals surface area (Å²) >= 11 is 3.30. The number of rotatable bonds is 1. The summed E-state index contributed by atoms with van der Waals surface area (Å²) in [5, 5.41) is 12.5. The van der Waals surface area contributed by atoms with Crippen LogP contribution in [-0.4, -0.2) is 18.1 Å². The van der Waals surface area contributed by atoms with Crippen LogP contribution in [0.1, 0.15) is 24.0 Å². The first-order valence-electron chi connectivity index (χ1n) is 6.25. The first-order chi connectivity index (χ1) is 8.78. The molecule has 2 heterocycles. The summed E-state index contributed by atoms with van der Waals surface area (Å²) in [5.41, 5.74) is 3.07. The topological polar surface area (TPSA) is 48.7 Å². The Morgan fingerprint density at radius 3 is 3.17 bits per heavy atom. The van der Waals surface area contributed by atoms with Gasteiger partial charge in [-0.3, -0.25) is 0 Å². The fourth-order valence-corrected chi connectivity index (χ4v) is 3.22. The summed E-state index contributed by atoms with van der Waals surface area (Å²) in [7, 11) is 0. The van der Waals surface area contributed by atoms with Crippen molar-refractivity contribution in [1.29, 1.82) is 5.26 Å².